The van der Waals surface area contributed by atoms with E-state index in [1.165, 1.54) is 32.5 Å². The van der Waals surface area contributed by atoms with E-state index in [1.807, 2.05) is 0 Å². The van der Waals surface area contributed by atoms with Crippen LogP contribution < -0.4 is 5.32 Å². The van der Waals surface area contributed by atoms with E-state index < -0.39 is 23.6 Å². The van der Waals surface area contributed by atoms with Crippen LogP contribution in [-0.4, -0.2) is 29.0 Å². The quantitative estimate of drug-likeness (QED) is 0.330. The molecule has 0 aliphatic rings. The lowest BCUT2D eigenvalue weighted by molar-refractivity contribution is -0.137. The number of aromatic nitrogens is 2. The number of hydrogen-bond donors (Lipinski definition) is 1. The van der Waals surface area contributed by atoms with Crippen LogP contribution in [0.5, 0.6) is 0 Å². The Morgan fingerprint density at radius 3 is 2.65 bits per heavy atom. The molecule has 0 spiro atoms. The van der Waals surface area contributed by atoms with Crippen LogP contribution in [0.3, 0.4) is 0 Å². The summed E-state index contributed by atoms with van der Waals surface area (Å²) in [4.78, 5) is 17.2. The van der Waals surface area contributed by atoms with Gasteiger partial charge in [-0.2, -0.15) is 22.7 Å². The third-order valence-corrected chi connectivity index (χ3v) is 4.57. The van der Waals surface area contributed by atoms with Crippen molar-refractivity contribution in [1.29, 1.82) is 0 Å². The summed E-state index contributed by atoms with van der Waals surface area (Å²) in [6.45, 7) is 0. The lowest BCUT2D eigenvalue weighted by Gasteiger charge is -2.17. The largest absolute Gasteiger partial charge is 0.416 e. The van der Waals surface area contributed by atoms with Gasteiger partial charge in [0.15, 0.2) is 0 Å². The van der Waals surface area contributed by atoms with Crippen LogP contribution in [0.25, 0.3) is 11.1 Å². The van der Waals surface area contributed by atoms with Gasteiger partial charge in [0.2, 0.25) is 5.95 Å². The van der Waals surface area contributed by atoms with Crippen molar-refractivity contribution < 1.29 is 27.2 Å². The maximum absolute atomic E-state index is 14.1. The molecule has 2 aromatic carbocycles. The summed E-state index contributed by atoms with van der Waals surface area (Å²) in [6.07, 6.45) is -2.31. The molecule has 0 saturated carbocycles. The van der Waals surface area contributed by atoms with Crippen LogP contribution in [-0.2, 0) is 18.1 Å². The summed E-state index contributed by atoms with van der Waals surface area (Å²) < 4.78 is 55.1. The summed E-state index contributed by atoms with van der Waals surface area (Å²) >= 11 is 6.11. The molecule has 0 aliphatic carbocycles. The molecule has 0 radical (unpaired) electrons. The molecule has 1 aromatic heterocycles. The number of nitrogens with zero attached hydrogens (tertiary/aromatic N) is 3. The zero-order chi connectivity index (χ0) is 22.8. The number of carbonyl (C=O) groups excluding carboxylic acids is 1. The zero-order valence-corrected chi connectivity index (χ0v) is 16.9. The van der Waals surface area contributed by atoms with E-state index in [9.17, 15) is 22.4 Å². The summed E-state index contributed by atoms with van der Waals surface area (Å²) in [5.74, 6) is -1.81. The molecule has 162 valence electrons. The number of rotatable bonds is 5. The van der Waals surface area contributed by atoms with E-state index in [-0.39, 0.29) is 21.8 Å². The maximum atomic E-state index is 14.1. The standard InChI is InChI=1S/C20H15ClF4N4O2/c1-29-18(22)15(10-26-29)19(30)28-17-14(7-13(8-16(17)21)20(23,24)25)12-5-3-4-11(6-12)9-27-31-2/h3-10H,1-2H3,(H,28,30). The van der Waals surface area contributed by atoms with Crippen LogP contribution in [0, 0.1) is 5.95 Å². The van der Waals surface area contributed by atoms with Gasteiger partial charge >= 0.3 is 6.18 Å². The molecule has 1 amide bonds. The first kappa shape index (κ1) is 22.3. The molecule has 0 saturated heterocycles. The second-order valence-electron chi connectivity index (χ2n) is 6.35. The van der Waals surface area contributed by atoms with Gasteiger partial charge in [-0.15, -0.1) is 0 Å². The van der Waals surface area contributed by atoms with Crippen molar-refractivity contribution in [2.45, 2.75) is 6.18 Å². The fourth-order valence-electron chi connectivity index (χ4n) is 2.78. The Labute approximate surface area is 179 Å². The van der Waals surface area contributed by atoms with Crippen molar-refractivity contribution in [1.82, 2.24) is 9.78 Å². The van der Waals surface area contributed by atoms with E-state index in [0.717, 1.165) is 16.9 Å². The minimum absolute atomic E-state index is 0.00913. The highest BCUT2D eigenvalue weighted by molar-refractivity contribution is 6.35. The minimum atomic E-state index is -4.68. The van der Waals surface area contributed by atoms with Gasteiger partial charge in [-0.1, -0.05) is 35.0 Å². The van der Waals surface area contributed by atoms with Crippen LogP contribution in [0.2, 0.25) is 5.02 Å². The van der Waals surface area contributed by atoms with Crippen molar-refractivity contribution in [2.24, 2.45) is 12.2 Å². The van der Waals surface area contributed by atoms with Crippen LogP contribution >= 0.6 is 11.6 Å². The Morgan fingerprint density at radius 2 is 2.03 bits per heavy atom. The van der Waals surface area contributed by atoms with Crippen molar-refractivity contribution in [2.75, 3.05) is 12.4 Å². The molecule has 3 rings (SSSR count). The number of halogens is 5. The van der Waals surface area contributed by atoms with Gasteiger partial charge in [0.05, 0.1) is 28.7 Å². The van der Waals surface area contributed by atoms with Crippen LogP contribution in [0.4, 0.5) is 23.2 Å². The normalized spacial score (nSPS) is 11.7. The van der Waals surface area contributed by atoms with Gasteiger partial charge in [0, 0.05) is 12.6 Å². The number of amides is 1. The van der Waals surface area contributed by atoms with E-state index in [1.54, 1.807) is 12.1 Å². The highest BCUT2D eigenvalue weighted by atomic mass is 35.5. The number of carbonyl (C=O) groups is 1. The van der Waals surface area contributed by atoms with Crippen LogP contribution in [0.15, 0.2) is 47.8 Å². The molecule has 0 fully saturated rings. The Bertz CT molecular complexity index is 1160. The first-order chi connectivity index (χ1) is 14.6. The molecule has 3 aromatic rings. The predicted molar refractivity (Wildman–Crippen MR) is 108 cm³/mol. The number of nitrogens with one attached hydrogen (secondary N) is 1. The fourth-order valence-corrected chi connectivity index (χ4v) is 3.05. The monoisotopic (exact) mass is 454 g/mol. The van der Waals surface area contributed by atoms with E-state index in [4.69, 9.17) is 11.6 Å². The van der Waals surface area contributed by atoms with E-state index in [2.05, 4.69) is 20.4 Å². The predicted octanol–water partition coefficient (Wildman–Crippen LogP) is 5.13. The van der Waals surface area contributed by atoms with Crippen molar-refractivity contribution in [3.05, 3.63) is 70.3 Å². The Balaban J connectivity index is 2.14. The SMILES string of the molecule is CON=Cc1cccc(-c2cc(C(F)(F)F)cc(Cl)c2NC(=O)c2cnn(C)c2F)c1. The molecular weight excluding hydrogens is 440 g/mol. The number of hydrogen-bond acceptors (Lipinski definition) is 4. The summed E-state index contributed by atoms with van der Waals surface area (Å²) in [5, 5.41) is 9.30. The molecule has 6 nitrogen and oxygen atoms in total. The molecule has 0 aliphatic heterocycles. The van der Waals surface area contributed by atoms with Crippen molar-refractivity contribution in [3.8, 4) is 11.1 Å². The maximum Gasteiger partial charge on any atom is 0.416 e. The second-order valence-corrected chi connectivity index (χ2v) is 6.75. The van der Waals surface area contributed by atoms with Gasteiger partial charge < -0.3 is 10.2 Å². The minimum Gasteiger partial charge on any atom is -0.399 e. The van der Waals surface area contributed by atoms with Gasteiger partial charge in [0.25, 0.3) is 5.91 Å². The summed E-state index contributed by atoms with van der Waals surface area (Å²) in [6, 6.07) is 7.87. The number of aryl methyl sites for hydroxylation is 1. The molecule has 0 unspecified atom stereocenters. The summed E-state index contributed by atoms with van der Waals surface area (Å²) in [5.41, 5.74) is -0.660. The molecule has 11 heteroatoms. The van der Waals surface area contributed by atoms with E-state index >= 15 is 0 Å². The first-order valence-electron chi connectivity index (χ1n) is 8.68. The smallest absolute Gasteiger partial charge is 0.399 e. The average molecular weight is 455 g/mol. The third-order valence-electron chi connectivity index (χ3n) is 4.27. The first-order valence-corrected chi connectivity index (χ1v) is 9.06. The molecule has 1 N–H and O–H groups in total. The zero-order valence-electron chi connectivity index (χ0n) is 16.2. The molecular formula is C20H15ClF4N4O2. The highest BCUT2D eigenvalue weighted by Gasteiger charge is 2.33. The van der Waals surface area contributed by atoms with Crippen molar-refractivity contribution in [3.63, 3.8) is 0 Å². The lowest BCUT2D eigenvalue weighted by atomic mass is 9.98. The Morgan fingerprint density at radius 1 is 1.29 bits per heavy atom. The second kappa shape index (κ2) is 8.76. The molecule has 0 bridgehead atoms. The number of alkyl halides is 3. The molecule has 1 heterocycles. The molecule has 0 atom stereocenters. The van der Waals surface area contributed by atoms with Gasteiger partial charge in [-0.05, 0) is 29.3 Å². The topological polar surface area (TPSA) is 68.5 Å². The highest BCUT2D eigenvalue weighted by Crippen LogP contribution is 2.41. The lowest BCUT2D eigenvalue weighted by Crippen LogP contribution is -2.15. The molecule has 31 heavy (non-hydrogen) atoms. The van der Waals surface area contributed by atoms with E-state index in [0.29, 0.717) is 17.2 Å². The van der Waals surface area contributed by atoms with Crippen LogP contribution in [0.1, 0.15) is 21.5 Å². The third kappa shape index (κ3) is 4.85. The fraction of sp³-hybridized carbons (Fsp3) is 0.150. The number of oxime groups is 1. The van der Waals surface area contributed by atoms with Crippen molar-refractivity contribution >= 4 is 29.4 Å². The van der Waals surface area contributed by atoms with Gasteiger partial charge in [-0.25, -0.2) is 4.68 Å². The Hall–Kier alpha value is -3.40. The average Bonchev–Trinajstić information content (AvgIpc) is 3.05. The summed E-state index contributed by atoms with van der Waals surface area (Å²) in [7, 11) is 2.65. The Kier molecular flexibility index (Phi) is 6.30. The number of anilines is 1. The van der Waals surface area contributed by atoms with Gasteiger partial charge in [-0.3, -0.25) is 4.79 Å². The van der Waals surface area contributed by atoms with Gasteiger partial charge in [0.1, 0.15) is 12.7 Å². The number of benzene rings is 2.